The van der Waals surface area contributed by atoms with Gasteiger partial charge in [-0.1, -0.05) is 19.8 Å². The second kappa shape index (κ2) is 9.16. The van der Waals surface area contributed by atoms with E-state index in [4.69, 9.17) is 5.73 Å². The van der Waals surface area contributed by atoms with Crippen LogP contribution in [0.1, 0.15) is 45.4 Å². The molecule has 20 heavy (non-hydrogen) atoms. The van der Waals surface area contributed by atoms with Crippen LogP contribution in [0, 0.1) is 11.8 Å². The average molecular weight is 321 g/mol. The maximum atomic E-state index is 12.7. The highest BCUT2D eigenvalue weighted by Crippen LogP contribution is 2.33. The largest absolute Gasteiger partial charge is 0.341 e. The Morgan fingerprint density at radius 3 is 2.75 bits per heavy atom. The lowest BCUT2D eigenvalue weighted by Gasteiger charge is -2.29. The monoisotopic (exact) mass is 320 g/mol. The summed E-state index contributed by atoms with van der Waals surface area (Å²) in [5.41, 5.74) is 5.82. The Hall–Kier alpha value is 0.0700. The van der Waals surface area contributed by atoms with Crippen molar-refractivity contribution in [2.45, 2.75) is 50.7 Å². The molecule has 2 N–H and O–H groups in total. The summed E-state index contributed by atoms with van der Waals surface area (Å²) in [7, 11) is 0. The molecule has 0 radical (unpaired) electrons. The third-order valence-corrected chi connectivity index (χ3v) is 5.81. The maximum absolute atomic E-state index is 12.7. The van der Waals surface area contributed by atoms with Crippen molar-refractivity contribution in [1.29, 1.82) is 0 Å². The second-order valence-electron chi connectivity index (χ2n) is 5.89. The summed E-state index contributed by atoms with van der Waals surface area (Å²) in [5, 5.41) is 0.647. The standard InChI is InChI=1S/C15H28N2OS.ClH/c1-2-19-13-7-3-4-9-17(11-13)15(18)14-8-5-6-12(14)10-16;/h12-14H,2-11,16H2,1H3;1H/t12-,13?,14-;/m1./s1. The van der Waals surface area contributed by atoms with E-state index in [0.717, 1.165) is 31.7 Å². The molecule has 1 aliphatic heterocycles. The number of amides is 1. The molecule has 1 unspecified atom stereocenters. The van der Waals surface area contributed by atoms with E-state index >= 15 is 0 Å². The lowest BCUT2D eigenvalue weighted by atomic mass is 9.94. The Morgan fingerprint density at radius 1 is 1.25 bits per heavy atom. The Morgan fingerprint density at radius 2 is 2.05 bits per heavy atom. The van der Waals surface area contributed by atoms with Gasteiger partial charge in [0.05, 0.1) is 0 Å². The molecule has 1 heterocycles. The van der Waals surface area contributed by atoms with Crippen molar-refractivity contribution in [1.82, 2.24) is 4.90 Å². The Balaban J connectivity index is 0.00000200. The van der Waals surface area contributed by atoms with Crippen LogP contribution in [0.3, 0.4) is 0 Å². The molecular weight excluding hydrogens is 292 g/mol. The molecule has 3 nitrogen and oxygen atoms in total. The van der Waals surface area contributed by atoms with E-state index in [9.17, 15) is 4.79 Å². The first kappa shape index (κ1) is 18.1. The van der Waals surface area contributed by atoms with Crippen LogP contribution in [0.2, 0.25) is 0 Å². The SMILES string of the molecule is CCSC1CCCCN(C(=O)[C@@H]2CCC[C@@H]2CN)C1.Cl. The number of hydrogen-bond acceptors (Lipinski definition) is 3. The zero-order valence-electron chi connectivity index (χ0n) is 12.6. The molecule has 1 saturated heterocycles. The minimum atomic E-state index is 0. The number of carbonyl (C=O) groups excluding carboxylic acids is 1. The maximum Gasteiger partial charge on any atom is 0.226 e. The van der Waals surface area contributed by atoms with Crippen molar-refractivity contribution in [3.05, 3.63) is 0 Å². The zero-order valence-corrected chi connectivity index (χ0v) is 14.2. The third kappa shape index (κ3) is 4.54. The first-order valence-corrected chi connectivity index (χ1v) is 8.91. The van der Waals surface area contributed by atoms with Crippen molar-refractivity contribution >= 4 is 30.1 Å². The highest BCUT2D eigenvalue weighted by atomic mass is 35.5. The van der Waals surface area contributed by atoms with Crippen molar-refractivity contribution in [2.24, 2.45) is 17.6 Å². The molecule has 3 atom stereocenters. The van der Waals surface area contributed by atoms with E-state index in [1.165, 1.54) is 25.7 Å². The molecule has 118 valence electrons. The van der Waals surface area contributed by atoms with E-state index in [-0.39, 0.29) is 18.3 Å². The molecule has 1 saturated carbocycles. The highest BCUT2D eigenvalue weighted by Gasteiger charge is 2.35. The van der Waals surface area contributed by atoms with E-state index in [1.54, 1.807) is 0 Å². The number of hydrogen-bond donors (Lipinski definition) is 1. The van der Waals surface area contributed by atoms with Gasteiger partial charge < -0.3 is 10.6 Å². The number of rotatable bonds is 4. The molecule has 2 rings (SSSR count). The van der Waals surface area contributed by atoms with Gasteiger partial charge in [-0.3, -0.25) is 4.79 Å². The van der Waals surface area contributed by atoms with Crippen molar-refractivity contribution in [3.63, 3.8) is 0 Å². The van der Waals surface area contributed by atoms with Gasteiger partial charge in [-0.25, -0.2) is 0 Å². The fraction of sp³-hybridized carbons (Fsp3) is 0.933. The van der Waals surface area contributed by atoms with Crippen LogP contribution in [0.5, 0.6) is 0 Å². The van der Waals surface area contributed by atoms with Gasteiger partial charge in [-0.15, -0.1) is 12.4 Å². The lowest BCUT2D eigenvalue weighted by Crippen LogP contribution is -2.41. The summed E-state index contributed by atoms with van der Waals surface area (Å²) in [6, 6.07) is 0. The zero-order chi connectivity index (χ0) is 13.7. The summed E-state index contributed by atoms with van der Waals surface area (Å²) >= 11 is 2.02. The predicted octanol–water partition coefficient (Wildman–Crippen LogP) is 2.92. The fourth-order valence-corrected chi connectivity index (χ4v) is 4.64. The van der Waals surface area contributed by atoms with Crippen LogP contribution in [-0.4, -0.2) is 41.4 Å². The molecule has 0 spiro atoms. The molecule has 1 amide bonds. The van der Waals surface area contributed by atoms with Crippen LogP contribution in [0.15, 0.2) is 0 Å². The summed E-state index contributed by atoms with van der Waals surface area (Å²) in [4.78, 5) is 14.9. The minimum Gasteiger partial charge on any atom is -0.341 e. The quantitative estimate of drug-likeness (QED) is 0.866. The molecule has 0 aromatic rings. The Labute approximate surface area is 133 Å². The number of thioether (sulfide) groups is 1. The number of likely N-dealkylation sites (tertiary alicyclic amines) is 1. The van der Waals surface area contributed by atoms with Gasteiger partial charge in [-0.2, -0.15) is 11.8 Å². The van der Waals surface area contributed by atoms with Crippen molar-refractivity contribution < 1.29 is 4.79 Å². The van der Waals surface area contributed by atoms with Gasteiger partial charge >= 0.3 is 0 Å². The molecule has 0 bridgehead atoms. The molecule has 0 aromatic carbocycles. The van der Waals surface area contributed by atoms with E-state index in [1.807, 2.05) is 11.8 Å². The molecule has 0 aromatic heterocycles. The minimum absolute atomic E-state index is 0. The summed E-state index contributed by atoms with van der Waals surface area (Å²) in [6.45, 7) is 4.82. The van der Waals surface area contributed by atoms with Gasteiger partial charge in [0.15, 0.2) is 0 Å². The Bertz CT molecular complexity index is 304. The molecule has 2 fully saturated rings. The van der Waals surface area contributed by atoms with Crippen LogP contribution < -0.4 is 5.73 Å². The van der Waals surface area contributed by atoms with Crippen LogP contribution in [-0.2, 0) is 4.79 Å². The van der Waals surface area contributed by atoms with Gasteiger partial charge in [-0.05, 0) is 43.9 Å². The lowest BCUT2D eigenvalue weighted by molar-refractivity contribution is -0.136. The first-order valence-electron chi connectivity index (χ1n) is 7.86. The fourth-order valence-electron chi connectivity index (χ4n) is 3.55. The highest BCUT2D eigenvalue weighted by molar-refractivity contribution is 7.99. The average Bonchev–Trinajstić information content (AvgIpc) is 2.77. The third-order valence-electron chi connectivity index (χ3n) is 4.62. The van der Waals surface area contributed by atoms with E-state index in [0.29, 0.717) is 23.6 Å². The second-order valence-corrected chi connectivity index (χ2v) is 7.47. The van der Waals surface area contributed by atoms with Crippen LogP contribution in [0.4, 0.5) is 0 Å². The van der Waals surface area contributed by atoms with Crippen molar-refractivity contribution in [2.75, 3.05) is 25.4 Å². The van der Waals surface area contributed by atoms with Gasteiger partial charge in [0, 0.05) is 24.3 Å². The topological polar surface area (TPSA) is 46.3 Å². The number of nitrogens with zero attached hydrogens (tertiary/aromatic N) is 1. The molecular formula is C15H29ClN2OS. The summed E-state index contributed by atoms with van der Waals surface area (Å²) < 4.78 is 0. The van der Waals surface area contributed by atoms with Crippen LogP contribution >= 0.6 is 24.2 Å². The summed E-state index contributed by atoms with van der Waals surface area (Å²) in [6.07, 6.45) is 7.10. The van der Waals surface area contributed by atoms with E-state index < -0.39 is 0 Å². The van der Waals surface area contributed by atoms with Crippen LogP contribution in [0.25, 0.3) is 0 Å². The van der Waals surface area contributed by atoms with Gasteiger partial charge in [0.1, 0.15) is 0 Å². The number of nitrogens with two attached hydrogens (primary N) is 1. The summed E-state index contributed by atoms with van der Waals surface area (Å²) in [5.74, 6) is 2.21. The number of carbonyl (C=O) groups is 1. The predicted molar refractivity (Wildman–Crippen MR) is 89.5 cm³/mol. The number of halogens is 1. The molecule has 2 aliphatic rings. The van der Waals surface area contributed by atoms with Gasteiger partial charge in [0.2, 0.25) is 5.91 Å². The molecule has 1 aliphatic carbocycles. The first-order chi connectivity index (χ1) is 9.26. The Kier molecular flexibility index (Phi) is 8.30. The smallest absolute Gasteiger partial charge is 0.226 e. The van der Waals surface area contributed by atoms with Crippen molar-refractivity contribution in [3.8, 4) is 0 Å². The van der Waals surface area contributed by atoms with Gasteiger partial charge in [0.25, 0.3) is 0 Å². The normalized spacial score (nSPS) is 30.7. The van der Waals surface area contributed by atoms with E-state index in [2.05, 4.69) is 11.8 Å². The molecule has 5 heteroatoms.